The van der Waals surface area contributed by atoms with Crippen molar-refractivity contribution in [2.24, 2.45) is 11.3 Å². The molecule has 0 aromatic heterocycles. The fourth-order valence-electron chi connectivity index (χ4n) is 2.72. The molecule has 0 spiro atoms. The summed E-state index contributed by atoms with van der Waals surface area (Å²) in [6.45, 7) is 14.8. The number of piperidine rings is 1. The molecule has 1 fully saturated rings. The Morgan fingerprint density at radius 3 is 2.33 bits per heavy atom. The van der Waals surface area contributed by atoms with Gasteiger partial charge < -0.3 is 15.0 Å². The Morgan fingerprint density at radius 1 is 1.28 bits per heavy atom. The van der Waals surface area contributed by atoms with Gasteiger partial charge in [0.1, 0.15) is 0 Å². The first kappa shape index (κ1) is 15.9. The molecule has 1 N–H and O–H groups in total. The molecule has 1 unspecified atom stereocenters. The molecule has 18 heavy (non-hydrogen) atoms. The van der Waals surface area contributed by atoms with Crippen LogP contribution in [0.15, 0.2) is 0 Å². The van der Waals surface area contributed by atoms with Gasteiger partial charge in [0.05, 0.1) is 0 Å². The predicted octanol–water partition coefficient (Wildman–Crippen LogP) is 2.37. The van der Waals surface area contributed by atoms with Crippen LogP contribution in [0, 0.1) is 11.3 Å². The van der Waals surface area contributed by atoms with Crippen LogP contribution in [0.25, 0.3) is 0 Å². The molecule has 108 valence electrons. The minimum atomic E-state index is 0.333. The van der Waals surface area contributed by atoms with Crippen molar-refractivity contribution in [1.82, 2.24) is 10.2 Å². The van der Waals surface area contributed by atoms with Gasteiger partial charge in [-0.2, -0.15) is 0 Å². The van der Waals surface area contributed by atoms with Gasteiger partial charge in [0.15, 0.2) is 0 Å². The van der Waals surface area contributed by atoms with E-state index in [1.807, 2.05) is 7.11 Å². The second-order valence-corrected chi connectivity index (χ2v) is 6.68. The summed E-state index contributed by atoms with van der Waals surface area (Å²) in [4.78, 5) is 2.62. The van der Waals surface area contributed by atoms with Crippen molar-refractivity contribution in [1.29, 1.82) is 0 Å². The maximum atomic E-state index is 5.26. The zero-order chi connectivity index (χ0) is 13.6. The number of hydrogen-bond donors (Lipinski definition) is 1. The van der Waals surface area contributed by atoms with Crippen molar-refractivity contribution in [3.05, 3.63) is 0 Å². The summed E-state index contributed by atoms with van der Waals surface area (Å²) >= 11 is 0. The van der Waals surface area contributed by atoms with E-state index in [1.54, 1.807) is 0 Å². The molecule has 0 amide bonds. The Balaban J connectivity index is 2.38. The van der Waals surface area contributed by atoms with Gasteiger partial charge >= 0.3 is 0 Å². The Morgan fingerprint density at radius 2 is 1.89 bits per heavy atom. The minimum Gasteiger partial charge on any atom is -0.384 e. The molecule has 1 aliphatic rings. The van der Waals surface area contributed by atoms with E-state index < -0.39 is 0 Å². The number of nitrogens with one attached hydrogen (secondary N) is 1. The number of nitrogens with zero attached hydrogens (tertiary/aromatic N) is 1. The summed E-state index contributed by atoms with van der Waals surface area (Å²) in [5.74, 6) is 0.776. The standard InChI is InChI=1S/C15H32N2O/c1-6-16-14(15(2,3)4)11-17-9-7-13(8-10-17)12-18-5/h13-14,16H,6-12H2,1-5H3. The zero-order valence-corrected chi connectivity index (χ0v) is 13.0. The van der Waals surface area contributed by atoms with Crippen molar-refractivity contribution in [3.63, 3.8) is 0 Å². The maximum absolute atomic E-state index is 5.26. The topological polar surface area (TPSA) is 24.5 Å². The number of likely N-dealkylation sites (N-methyl/N-ethyl adjacent to an activating group) is 1. The van der Waals surface area contributed by atoms with Gasteiger partial charge in [-0.3, -0.25) is 0 Å². The molecule has 3 heteroatoms. The fourth-order valence-corrected chi connectivity index (χ4v) is 2.72. The largest absolute Gasteiger partial charge is 0.384 e. The van der Waals surface area contributed by atoms with E-state index in [1.165, 1.54) is 32.5 Å². The lowest BCUT2D eigenvalue weighted by atomic mass is 9.85. The second-order valence-electron chi connectivity index (χ2n) is 6.68. The van der Waals surface area contributed by atoms with Crippen LogP contribution in [0.1, 0.15) is 40.5 Å². The van der Waals surface area contributed by atoms with Crippen molar-refractivity contribution in [3.8, 4) is 0 Å². The highest BCUT2D eigenvalue weighted by atomic mass is 16.5. The molecule has 0 aliphatic carbocycles. The summed E-state index contributed by atoms with van der Waals surface area (Å²) in [6, 6.07) is 0.585. The molecule has 1 heterocycles. The minimum absolute atomic E-state index is 0.333. The monoisotopic (exact) mass is 256 g/mol. The lowest BCUT2D eigenvalue weighted by Gasteiger charge is -2.39. The summed E-state index contributed by atoms with van der Waals surface area (Å²) in [5, 5.41) is 3.64. The highest BCUT2D eigenvalue weighted by Gasteiger charge is 2.27. The van der Waals surface area contributed by atoms with Gasteiger partial charge in [-0.1, -0.05) is 27.7 Å². The normalized spacial score (nSPS) is 21.2. The van der Waals surface area contributed by atoms with Crippen LogP contribution in [0.5, 0.6) is 0 Å². The van der Waals surface area contributed by atoms with E-state index in [0.29, 0.717) is 11.5 Å². The third-order valence-electron chi connectivity index (χ3n) is 4.05. The molecule has 1 saturated heterocycles. The lowest BCUT2D eigenvalue weighted by Crippen LogP contribution is -2.50. The van der Waals surface area contributed by atoms with Crippen LogP contribution in [-0.2, 0) is 4.74 Å². The molecule has 3 nitrogen and oxygen atoms in total. The lowest BCUT2D eigenvalue weighted by molar-refractivity contribution is 0.0855. The molecule has 1 rings (SSSR count). The zero-order valence-electron chi connectivity index (χ0n) is 13.0. The van der Waals surface area contributed by atoms with Gasteiger partial charge in [-0.25, -0.2) is 0 Å². The van der Waals surface area contributed by atoms with Gasteiger partial charge in [0.2, 0.25) is 0 Å². The highest BCUT2D eigenvalue weighted by molar-refractivity contribution is 4.85. The van der Waals surface area contributed by atoms with Crippen LogP contribution < -0.4 is 5.32 Å². The van der Waals surface area contributed by atoms with Crippen molar-refractivity contribution in [2.75, 3.05) is 39.9 Å². The van der Waals surface area contributed by atoms with Gasteiger partial charge in [-0.05, 0) is 43.8 Å². The highest BCUT2D eigenvalue weighted by Crippen LogP contribution is 2.23. The predicted molar refractivity (Wildman–Crippen MR) is 78.0 cm³/mol. The van der Waals surface area contributed by atoms with E-state index in [0.717, 1.165) is 19.1 Å². The molecular weight excluding hydrogens is 224 g/mol. The summed E-state index contributed by atoms with van der Waals surface area (Å²) in [6.07, 6.45) is 2.58. The van der Waals surface area contributed by atoms with E-state index >= 15 is 0 Å². The van der Waals surface area contributed by atoms with Crippen LogP contribution in [0.4, 0.5) is 0 Å². The molecule has 0 aromatic rings. The second kappa shape index (κ2) is 7.46. The Kier molecular flexibility index (Phi) is 6.61. The molecule has 1 atom stereocenters. The van der Waals surface area contributed by atoms with Crippen LogP contribution in [0.3, 0.4) is 0 Å². The van der Waals surface area contributed by atoms with Gasteiger partial charge in [0.25, 0.3) is 0 Å². The third-order valence-corrected chi connectivity index (χ3v) is 4.05. The van der Waals surface area contributed by atoms with Crippen LogP contribution in [0.2, 0.25) is 0 Å². The summed E-state index contributed by atoms with van der Waals surface area (Å²) < 4.78 is 5.26. The Labute approximate surface area is 113 Å². The number of methoxy groups -OCH3 is 1. The first-order valence-corrected chi connectivity index (χ1v) is 7.42. The average Bonchev–Trinajstić information content (AvgIpc) is 2.30. The van der Waals surface area contributed by atoms with E-state index in [2.05, 4.69) is 37.9 Å². The molecule has 1 aliphatic heterocycles. The van der Waals surface area contributed by atoms with E-state index in [9.17, 15) is 0 Å². The molecular formula is C15H32N2O. The Hall–Kier alpha value is -0.120. The molecule has 0 radical (unpaired) electrons. The number of hydrogen-bond acceptors (Lipinski definition) is 3. The molecule has 0 saturated carbocycles. The number of ether oxygens (including phenoxy) is 1. The SMILES string of the molecule is CCNC(CN1CCC(COC)CC1)C(C)(C)C. The smallest absolute Gasteiger partial charge is 0.0491 e. The first-order chi connectivity index (χ1) is 8.47. The summed E-state index contributed by atoms with van der Waals surface area (Å²) in [7, 11) is 1.81. The van der Waals surface area contributed by atoms with Crippen molar-refractivity contribution >= 4 is 0 Å². The quantitative estimate of drug-likeness (QED) is 0.789. The molecule has 0 bridgehead atoms. The summed E-state index contributed by atoms with van der Waals surface area (Å²) in [5.41, 5.74) is 0.333. The first-order valence-electron chi connectivity index (χ1n) is 7.42. The van der Waals surface area contributed by atoms with Gasteiger partial charge in [-0.15, -0.1) is 0 Å². The van der Waals surface area contributed by atoms with E-state index in [4.69, 9.17) is 4.74 Å². The average molecular weight is 256 g/mol. The van der Waals surface area contributed by atoms with Crippen LogP contribution in [-0.4, -0.2) is 50.8 Å². The number of rotatable bonds is 6. The number of likely N-dealkylation sites (tertiary alicyclic amines) is 1. The third kappa shape index (κ3) is 5.25. The van der Waals surface area contributed by atoms with Gasteiger partial charge in [0, 0.05) is 26.3 Å². The van der Waals surface area contributed by atoms with Crippen LogP contribution >= 0.6 is 0 Å². The fraction of sp³-hybridized carbons (Fsp3) is 1.00. The van der Waals surface area contributed by atoms with Crippen molar-refractivity contribution < 1.29 is 4.74 Å². The van der Waals surface area contributed by atoms with Crippen molar-refractivity contribution in [2.45, 2.75) is 46.6 Å². The maximum Gasteiger partial charge on any atom is 0.0491 e. The Bertz CT molecular complexity index is 217. The van der Waals surface area contributed by atoms with E-state index in [-0.39, 0.29) is 0 Å². The molecule has 0 aromatic carbocycles.